The van der Waals surface area contributed by atoms with Crippen LogP contribution in [0.1, 0.15) is 32.6 Å². The van der Waals surface area contributed by atoms with Gasteiger partial charge in [0.2, 0.25) is 5.91 Å². The molecule has 0 aromatic carbocycles. The standard InChI is InChI=1S/C12H24N2OS/c1-9(8-16-3)14(2)12(15)10-5-4-6-11(13)7-10/h9-11H,4-8,13H2,1-3H3. The zero-order valence-electron chi connectivity index (χ0n) is 10.6. The summed E-state index contributed by atoms with van der Waals surface area (Å²) in [4.78, 5) is 14.1. The minimum Gasteiger partial charge on any atom is -0.342 e. The maximum absolute atomic E-state index is 12.2. The molecular formula is C12H24N2OS. The Hall–Kier alpha value is -0.220. The number of thioether (sulfide) groups is 1. The largest absolute Gasteiger partial charge is 0.342 e. The first-order valence-electron chi connectivity index (χ1n) is 6.07. The molecule has 0 heterocycles. The van der Waals surface area contributed by atoms with Crippen molar-refractivity contribution >= 4 is 17.7 Å². The average molecular weight is 244 g/mol. The lowest BCUT2D eigenvalue weighted by Gasteiger charge is -2.32. The van der Waals surface area contributed by atoms with Gasteiger partial charge in [-0.3, -0.25) is 4.79 Å². The van der Waals surface area contributed by atoms with Crippen molar-refractivity contribution < 1.29 is 4.79 Å². The second-order valence-corrected chi connectivity index (χ2v) is 5.79. The van der Waals surface area contributed by atoms with Gasteiger partial charge in [-0.25, -0.2) is 0 Å². The van der Waals surface area contributed by atoms with Gasteiger partial charge in [0.25, 0.3) is 0 Å². The van der Waals surface area contributed by atoms with Crippen LogP contribution in [0.3, 0.4) is 0 Å². The predicted octanol–water partition coefficient (Wildman–Crippen LogP) is 1.71. The highest BCUT2D eigenvalue weighted by molar-refractivity contribution is 7.98. The third-order valence-electron chi connectivity index (χ3n) is 3.48. The molecule has 1 amide bonds. The van der Waals surface area contributed by atoms with Crippen molar-refractivity contribution in [2.45, 2.75) is 44.7 Å². The highest BCUT2D eigenvalue weighted by Crippen LogP contribution is 2.25. The molecule has 94 valence electrons. The van der Waals surface area contributed by atoms with Crippen molar-refractivity contribution in [1.82, 2.24) is 4.90 Å². The molecule has 0 saturated heterocycles. The molecule has 0 aliphatic heterocycles. The molecule has 0 radical (unpaired) electrons. The first-order valence-corrected chi connectivity index (χ1v) is 7.46. The molecule has 1 saturated carbocycles. The second-order valence-electron chi connectivity index (χ2n) is 4.88. The summed E-state index contributed by atoms with van der Waals surface area (Å²) in [6, 6.07) is 0.549. The maximum Gasteiger partial charge on any atom is 0.225 e. The fourth-order valence-corrected chi connectivity index (χ4v) is 3.02. The van der Waals surface area contributed by atoms with Gasteiger partial charge in [-0.1, -0.05) is 6.42 Å². The lowest BCUT2D eigenvalue weighted by molar-refractivity contribution is -0.136. The van der Waals surface area contributed by atoms with Crippen LogP contribution in [-0.2, 0) is 4.79 Å². The van der Waals surface area contributed by atoms with Gasteiger partial charge in [0.15, 0.2) is 0 Å². The van der Waals surface area contributed by atoms with Crippen molar-refractivity contribution in [2.75, 3.05) is 19.1 Å². The Balaban J connectivity index is 2.48. The molecule has 0 aromatic rings. The highest BCUT2D eigenvalue weighted by atomic mass is 32.2. The summed E-state index contributed by atoms with van der Waals surface area (Å²) in [5.74, 6) is 1.45. The molecule has 3 atom stereocenters. The Morgan fingerprint density at radius 1 is 1.56 bits per heavy atom. The zero-order valence-corrected chi connectivity index (χ0v) is 11.4. The van der Waals surface area contributed by atoms with Crippen molar-refractivity contribution in [2.24, 2.45) is 11.7 Å². The Labute approximate surface area is 103 Å². The molecule has 2 N–H and O–H groups in total. The van der Waals surface area contributed by atoms with Crippen molar-refractivity contribution in [1.29, 1.82) is 0 Å². The van der Waals surface area contributed by atoms with E-state index in [0.717, 1.165) is 31.4 Å². The molecule has 4 heteroatoms. The Morgan fingerprint density at radius 2 is 2.25 bits per heavy atom. The van der Waals surface area contributed by atoms with Crippen LogP contribution in [0.4, 0.5) is 0 Å². The SMILES string of the molecule is CSCC(C)N(C)C(=O)C1CCCC(N)C1. The number of carbonyl (C=O) groups is 1. The number of nitrogens with two attached hydrogens (primary N) is 1. The van der Waals surface area contributed by atoms with E-state index in [1.54, 1.807) is 11.8 Å². The molecule has 1 rings (SSSR count). The smallest absolute Gasteiger partial charge is 0.225 e. The van der Waals surface area contributed by atoms with E-state index in [1.165, 1.54) is 0 Å². The van der Waals surface area contributed by atoms with Gasteiger partial charge in [-0.05, 0) is 32.4 Å². The lowest BCUT2D eigenvalue weighted by Crippen LogP contribution is -2.43. The van der Waals surface area contributed by atoms with E-state index in [4.69, 9.17) is 5.73 Å². The van der Waals surface area contributed by atoms with E-state index >= 15 is 0 Å². The van der Waals surface area contributed by atoms with E-state index in [9.17, 15) is 4.79 Å². The van der Waals surface area contributed by atoms with Crippen LogP contribution in [-0.4, -0.2) is 41.9 Å². The maximum atomic E-state index is 12.2. The summed E-state index contributed by atoms with van der Waals surface area (Å²) in [7, 11) is 1.92. The zero-order chi connectivity index (χ0) is 12.1. The summed E-state index contributed by atoms with van der Waals surface area (Å²) in [5, 5.41) is 0. The van der Waals surface area contributed by atoms with Crippen LogP contribution >= 0.6 is 11.8 Å². The molecule has 1 aliphatic rings. The van der Waals surface area contributed by atoms with Crippen LogP contribution in [0.2, 0.25) is 0 Å². The molecule has 1 aliphatic carbocycles. The van der Waals surface area contributed by atoms with E-state index in [1.807, 2.05) is 11.9 Å². The summed E-state index contributed by atoms with van der Waals surface area (Å²) in [6.07, 6.45) is 6.14. The van der Waals surface area contributed by atoms with Gasteiger partial charge < -0.3 is 10.6 Å². The van der Waals surface area contributed by atoms with E-state index < -0.39 is 0 Å². The summed E-state index contributed by atoms with van der Waals surface area (Å²) in [5.41, 5.74) is 5.92. The monoisotopic (exact) mass is 244 g/mol. The lowest BCUT2D eigenvalue weighted by atomic mass is 9.85. The summed E-state index contributed by atoms with van der Waals surface area (Å²) in [6.45, 7) is 2.11. The highest BCUT2D eigenvalue weighted by Gasteiger charge is 2.28. The summed E-state index contributed by atoms with van der Waals surface area (Å²) >= 11 is 1.78. The Morgan fingerprint density at radius 3 is 2.81 bits per heavy atom. The van der Waals surface area contributed by atoms with Crippen LogP contribution < -0.4 is 5.73 Å². The van der Waals surface area contributed by atoms with Crippen LogP contribution in [0.25, 0.3) is 0 Å². The Kier molecular flexibility index (Phi) is 5.62. The van der Waals surface area contributed by atoms with Crippen molar-refractivity contribution in [3.05, 3.63) is 0 Å². The number of carbonyl (C=O) groups excluding carboxylic acids is 1. The van der Waals surface area contributed by atoms with Crippen LogP contribution in [0.15, 0.2) is 0 Å². The third-order valence-corrected chi connectivity index (χ3v) is 4.30. The number of hydrogen-bond donors (Lipinski definition) is 1. The van der Waals surface area contributed by atoms with Gasteiger partial charge in [-0.2, -0.15) is 11.8 Å². The molecule has 0 bridgehead atoms. The Bertz CT molecular complexity index is 235. The molecular weight excluding hydrogens is 220 g/mol. The molecule has 16 heavy (non-hydrogen) atoms. The predicted molar refractivity (Wildman–Crippen MR) is 70.5 cm³/mol. The minimum absolute atomic E-state index is 0.165. The van der Waals surface area contributed by atoms with Crippen molar-refractivity contribution in [3.63, 3.8) is 0 Å². The number of rotatable bonds is 4. The molecule has 0 aromatic heterocycles. The first kappa shape index (κ1) is 13.8. The van der Waals surface area contributed by atoms with Gasteiger partial charge in [-0.15, -0.1) is 0 Å². The van der Waals surface area contributed by atoms with Crippen LogP contribution in [0.5, 0.6) is 0 Å². The molecule has 1 fully saturated rings. The van der Waals surface area contributed by atoms with Crippen LogP contribution in [0, 0.1) is 5.92 Å². The normalized spacial score (nSPS) is 27.5. The second kappa shape index (κ2) is 6.50. The number of nitrogens with zero attached hydrogens (tertiary/aromatic N) is 1. The van der Waals surface area contributed by atoms with Gasteiger partial charge in [0.05, 0.1) is 0 Å². The fourth-order valence-electron chi connectivity index (χ4n) is 2.31. The quantitative estimate of drug-likeness (QED) is 0.819. The van der Waals surface area contributed by atoms with Gasteiger partial charge in [0, 0.05) is 30.8 Å². The topological polar surface area (TPSA) is 46.3 Å². The van der Waals surface area contributed by atoms with Gasteiger partial charge >= 0.3 is 0 Å². The molecule has 0 spiro atoms. The number of hydrogen-bond acceptors (Lipinski definition) is 3. The first-order chi connectivity index (χ1) is 7.56. The molecule has 3 nitrogen and oxygen atoms in total. The average Bonchev–Trinajstić information content (AvgIpc) is 2.27. The molecule has 3 unspecified atom stereocenters. The third kappa shape index (κ3) is 3.67. The minimum atomic E-state index is 0.165. The number of amides is 1. The van der Waals surface area contributed by atoms with E-state index in [0.29, 0.717) is 6.04 Å². The van der Waals surface area contributed by atoms with Crippen molar-refractivity contribution in [3.8, 4) is 0 Å². The van der Waals surface area contributed by atoms with Gasteiger partial charge in [0.1, 0.15) is 0 Å². The summed E-state index contributed by atoms with van der Waals surface area (Å²) < 4.78 is 0. The van der Waals surface area contributed by atoms with E-state index in [2.05, 4.69) is 13.2 Å². The van der Waals surface area contributed by atoms with E-state index in [-0.39, 0.29) is 17.9 Å². The fraction of sp³-hybridized carbons (Fsp3) is 0.917.